The van der Waals surface area contributed by atoms with Crippen LogP contribution in [0.1, 0.15) is 15.9 Å². The molecule has 3 nitrogen and oxygen atoms in total. The zero-order chi connectivity index (χ0) is 14.0. The van der Waals surface area contributed by atoms with Gasteiger partial charge in [0.1, 0.15) is 17.3 Å². The van der Waals surface area contributed by atoms with E-state index in [1.807, 2.05) is 0 Å². The summed E-state index contributed by atoms with van der Waals surface area (Å²) in [6, 6.07) is 8.25. The average molecular weight is 262 g/mol. The summed E-state index contributed by atoms with van der Waals surface area (Å²) < 4.78 is 26.8. The van der Waals surface area contributed by atoms with Gasteiger partial charge in [-0.15, -0.1) is 0 Å². The van der Waals surface area contributed by atoms with E-state index < -0.39 is 23.2 Å². The van der Waals surface area contributed by atoms with Crippen molar-refractivity contribution in [2.75, 3.05) is 11.1 Å². The van der Waals surface area contributed by atoms with Crippen molar-refractivity contribution in [2.45, 2.75) is 6.92 Å². The highest BCUT2D eigenvalue weighted by Gasteiger charge is 2.15. The minimum atomic E-state index is -0.834. The van der Waals surface area contributed by atoms with Gasteiger partial charge >= 0.3 is 0 Å². The zero-order valence-electron chi connectivity index (χ0n) is 10.2. The van der Waals surface area contributed by atoms with E-state index in [-0.39, 0.29) is 11.3 Å². The molecule has 2 aromatic rings. The number of nitrogens with two attached hydrogens (primary N) is 1. The van der Waals surface area contributed by atoms with E-state index in [1.165, 1.54) is 12.1 Å². The zero-order valence-corrected chi connectivity index (χ0v) is 10.2. The van der Waals surface area contributed by atoms with Crippen LogP contribution in [0.5, 0.6) is 0 Å². The van der Waals surface area contributed by atoms with E-state index in [9.17, 15) is 13.6 Å². The molecule has 1 amide bonds. The summed E-state index contributed by atoms with van der Waals surface area (Å²) in [4.78, 5) is 12.0. The monoisotopic (exact) mass is 262 g/mol. The van der Waals surface area contributed by atoms with Crippen molar-refractivity contribution in [2.24, 2.45) is 0 Å². The fourth-order valence-corrected chi connectivity index (χ4v) is 1.68. The first-order chi connectivity index (χ1) is 9.00. The van der Waals surface area contributed by atoms with E-state index in [0.717, 1.165) is 17.7 Å². The molecule has 0 aromatic heterocycles. The Hall–Kier alpha value is -2.43. The van der Waals surface area contributed by atoms with Crippen molar-refractivity contribution < 1.29 is 13.6 Å². The number of nitrogens with one attached hydrogen (secondary N) is 1. The van der Waals surface area contributed by atoms with E-state index in [0.29, 0.717) is 0 Å². The number of amides is 1. The second-order valence-electron chi connectivity index (χ2n) is 4.09. The first kappa shape index (κ1) is 13.0. The third-order valence-corrected chi connectivity index (χ3v) is 2.77. The van der Waals surface area contributed by atoms with Gasteiger partial charge in [0.05, 0.1) is 5.56 Å². The number of anilines is 2. The highest BCUT2D eigenvalue weighted by Crippen LogP contribution is 2.21. The maximum Gasteiger partial charge on any atom is 0.257 e. The van der Waals surface area contributed by atoms with Crippen molar-refractivity contribution in [3.63, 3.8) is 0 Å². The summed E-state index contributed by atoms with van der Waals surface area (Å²) in [6.07, 6.45) is 0. The normalized spacial score (nSPS) is 10.3. The van der Waals surface area contributed by atoms with Crippen LogP contribution in [0.25, 0.3) is 0 Å². The van der Waals surface area contributed by atoms with Crippen LogP contribution in [0.15, 0.2) is 36.4 Å². The molecule has 0 heterocycles. The molecule has 2 rings (SSSR count). The fraction of sp³-hybridized carbons (Fsp3) is 0.0714. The number of carbonyl (C=O) groups is 1. The van der Waals surface area contributed by atoms with E-state index >= 15 is 0 Å². The third-order valence-electron chi connectivity index (χ3n) is 2.77. The molecule has 0 spiro atoms. The van der Waals surface area contributed by atoms with Crippen LogP contribution in [0.2, 0.25) is 0 Å². The van der Waals surface area contributed by atoms with Crippen molar-refractivity contribution in [1.29, 1.82) is 0 Å². The smallest absolute Gasteiger partial charge is 0.257 e. The standard InChI is InChI=1S/C14H12F2N2O/c1-8-4-2-5-9(12(8)17)14(19)18-13-10(15)6-3-7-11(13)16/h2-7H,17H2,1H3,(H,18,19). The lowest BCUT2D eigenvalue weighted by Crippen LogP contribution is -2.16. The Bertz CT molecular complexity index is 621. The molecule has 2 aromatic carbocycles. The molecular weight excluding hydrogens is 250 g/mol. The maximum atomic E-state index is 13.4. The second-order valence-corrected chi connectivity index (χ2v) is 4.09. The highest BCUT2D eigenvalue weighted by atomic mass is 19.1. The molecule has 98 valence electrons. The van der Waals surface area contributed by atoms with Crippen LogP contribution < -0.4 is 11.1 Å². The van der Waals surface area contributed by atoms with Crippen molar-refractivity contribution in [3.05, 3.63) is 59.2 Å². The molecule has 0 bridgehead atoms. The first-order valence-electron chi connectivity index (χ1n) is 5.61. The Balaban J connectivity index is 2.34. The van der Waals surface area contributed by atoms with Crippen molar-refractivity contribution in [1.82, 2.24) is 0 Å². The molecule has 3 N–H and O–H groups in total. The van der Waals surface area contributed by atoms with Crippen LogP contribution in [0.4, 0.5) is 20.2 Å². The van der Waals surface area contributed by atoms with Crippen LogP contribution >= 0.6 is 0 Å². The minimum absolute atomic E-state index is 0.183. The van der Waals surface area contributed by atoms with Gasteiger partial charge in [-0.25, -0.2) is 8.78 Å². The lowest BCUT2D eigenvalue weighted by atomic mass is 10.1. The number of rotatable bonds is 2. The Kier molecular flexibility index (Phi) is 3.46. The molecule has 0 unspecified atom stereocenters. The number of halogens is 2. The first-order valence-corrected chi connectivity index (χ1v) is 5.61. The molecule has 0 aliphatic carbocycles. The van der Waals surface area contributed by atoms with Gasteiger partial charge in [0.15, 0.2) is 0 Å². The molecule has 0 radical (unpaired) electrons. The quantitative estimate of drug-likeness (QED) is 0.817. The fourth-order valence-electron chi connectivity index (χ4n) is 1.68. The van der Waals surface area contributed by atoms with Gasteiger partial charge in [-0.2, -0.15) is 0 Å². The van der Waals surface area contributed by atoms with Crippen LogP contribution in [-0.4, -0.2) is 5.91 Å². The van der Waals surface area contributed by atoms with Gasteiger partial charge in [-0.05, 0) is 30.7 Å². The van der Waals surface area contributed by atoms with Gasteiger partial charge in [0, 0.05) is 5.69 Å². The molecule has 19 heavy (non-hydrogen) atoms. The lowest BCUT2D eigenvalue weighted by molar-refractivity contribution is 0.102. The molecule has 0 saturated heterocycles. The van der Waals surface area contributed by atoms with Gasteiger partial charge in [-0.1, -0.05) is 18.2 Å². The summed E-state index contributed by atoms with van der Waals surface area (Å²) in [6.45, 7) is 1.75. The molecule has 0 fully saturated rings. The second kappa shape index (κ2) is 5.06. The summed E-state index contributed by atoms with van der Waals surface area (Å²) in [5.74, 6) is -2.32. The molecule has 0 aliphatic heterocycles. The predicted molar refractivity (Wildman–Crippen MR) is 69.9 cm³/mol. The van der Waals surface area contributed by atoms with E-state index in [4.69, 9.17) is 5.73 Å². The number of hydrogen-bond donors (Lipinski definition) is 2. The number of aryl methyl sites for hydroxylation is 1. The number of benzene rings is 2. The summed E-state index contributed by atoms with van der Waals surface area (Å²) in [5.41, 5.74) is 6.48. The minimum Gasteiger partial charge on any atom is -0.398 e. The average Bonchev–Trinajstić information content (AvgIpc) is 2.37. The molecule has 0 aliphatic rings. The number of carbonyl (C=O) groups excluding carboxylic acids is 1. The summed E-state index contributed by atoms with van der Waals surface area (Å²) in [7, 11) is 0. The SMILES string of the molecule is Cc1cccc(C(=O)Nc2c(F)cccc2F)c1N. The van der Waals surface area contributed by atoms with Gasteiger partial charge in [0.2, 0.25) is 0 Å². The summed E-state index contributed by atoms with van der Waals surface area (Å²) >= 11 is 0. The number of hydrogen-bond acceptors (Lipinski definition) is 2. The van der Waals surface area contributed by atoms with Crippen molar-refractivity contribution in [3.8, 4) is 0 Å². The van der Waals surface area contributed by atoms with Crippen LogP contribution in [0.3, 0.4) is 0 Å². The Morgan fingerprint density at radius 3 is 2.32 bits per heavy atom. The molecule has 0 atom stereocenters. The Labute approximate surface area is 109 Å². The lowest BCUT2D eigenvalue weighted by Gasteiger charge is -2.10. The summed E-state index contributed by atoms with van der Waals surface area (Å²) in [5, 5.41) is 2.19. The number of nitrogen functional groups attached to an aromatic ring is 1. The van der Waals surface area contributed by atoms with Gasteiger partial charge in [0.25, 0.3) is 5.91 Å². The predicted octanol–water partition coefficient (Wildman–Crippen LogP) is 3.11. The van der Waals surface area contributed by atoms with Gasteiger partial charge in [-0.3, -0.25) is 4.79 Å². The van der Waals surface area contributed by atoms with E-state index in [1.54, 1.807) is 19.1 Å². The highest BCUT2D eigenvalue weighted by molar-refractivity contribution is 6.08. The van der Waals surface area contributed by atoms with E-state index in [2.05, 4.69) is 5.32 Å². The maximum absolute atomic E-state index is 13.4. The van der Waals surface area contributed by atoms with Crippen LogP contribution in [0, 0.1) is 18.6 Å². The topological polar surface area (TPSA) is 55.1 Å². The Morgan fingerprint density at radius 2 is 1.68 bits per heavy atom. The van der Waals surface area contributed by atoms with Gasteiger partial charge < -0.3 is 11.1 Å². The number of para-hydroxylation sites is 2. The molecule has 5 heteroatoms. The molecular formula is C14H12F2N2O. The Morgan fingerprint density at radius 1 is 1.11 bits per heavy atom. The van der Waals surface area contributed by atoms with Crippen molar-refractivity contribution >= 4 is 17.3 Å². The third kappa shape index (κ3) is 2.54. The molecule has 0 saturated carbocycles. The van der Waals surface area contributed by atoms with Crippen LogP contribution in [-0.2, 0) is 0 Å². The largest absolute Gasteiger partial charge is 0.398 e.